The van der Waals surface area contributed by atoms with E-state index in [1.807, 2.05) is 13.0 Å². The molecule has 5 atom stereocenters. The highest BCUT2D eigenvalue weighted by Crippen LogP contribution is 2.52. The zero-order valence-corrected chi connectivity index (χ0v) is 14.0. The van der Waals surface area contributed by atoms with Crippen LogP contribution in [0, 0.1) is 29.6 Å². The summed E-state index contributed by atoms with van der Waals surface area (Å²) in [5.74, 6) is -0.0839. The molecule has 2 bridgehead atoms. The van der Waals surface area contributed by atoms with Crippen LogP contribution in [-0.2, 0) is 19.2 Å². The van der Waals surface area contributed by atoms with Gasteiger partial charge in [0, 0.05) is 5.57 Å². The van der Waals surface area contributed by atoms with Crippen molar-refractivity contribution in [2.45, 2.75) is 13.8 Å². The molecule has 2 amide bonds. The summed E-state index contributed by atoms with van der Waals surface area (Å²) in [5, 5.41) is 0.450. The van der Waals surface area contributed by atoms with Gasteiger partial charge in [0.05, 0.1) is 5.92 Å². The summed E-state index contributed by atoms with van der Waals surface area (Å²) < 4.78 is 4.90. The number of nitrogens with zero attached hydrogens (tertiary/aromatic N) is 1. The molecule has 3 aliphatic rings. The molecule has 1 saturated carbocycles. The number of hydroxylamine groups is 2. The number of rotatable bonds is 4. The molecule has 3 aliphatic carbocycles. The number of allylic oxidation sites excluding steroid dienone is 4. The fourth-order valence-electron chi connectivity index (χ4n) is 3.93. The first kappa shape index (κ1) is 17.0. The third-order valence-corrected chi connectivity index (χ3v) is 5.18. The van der Waals surface area contributed by atoms with Crippen molar-refractivity contribution in [3.8, 4) is 0 Å². The Morgan fingerprint density at radius 3 is 2.60 bits per heavy atom. The number of carbonyl (C=O) groups excluding carboxylic acids is 3. The van der Waals surface area contributed by atoms with Crippen molar-refractivity contribution in [3.63, 3.8) is 0 Å². The second kappa shape index (κ2) is 6.98. The Bertz CT molecular complexity index is 752. The molecule has 6 heteroatoms. The van der Waals surface area contributed by atoms with Crippen LogP contribution in [0.5, 0.6) is 0 Å². The van der Waals surface area contributed by atoms with E-state index >= 15 is 0 Å². The van der Waals surface area contributed by atoms with Gasteiger partial charge in [-0.05, 0) is 35.8 Å². The summed E-state index contributed by atoms with van der Waals surface area (Å²) in [6, 6.07) is 0. The molecule has 6 nitrogen and oxygen atoms in total. The average Bonchev–Trinajstić information content (AvgIpc) is 3.10. The second-order valence-electron chi connectivity index (χ2n) is 6.50. The van der Waals surface area contributed by atoms with Crippen molar-refractivity contribution in [1.29, 1.82) is 0 Å². The van der Waals surface area contributed by atoms with Crippen LogP contribution in [0.3, 0.4) is 0 Å². The normalized spacial score (nSPS) is 31.0. The smallest absolute Gasteiger partial charge is 0.427 e. The van der Waals surface area contributed by atoms with Crippen LogP contribution in [0.25, 0.3) is 0 Å². The lowest BCUT2D eigenvalue weighted by Crippen LogP contribution is -2.41. The van der Waals surface area contributed by atoms with Crippen LogP contribution in [0.15, 0.2) is 47.4 Å². The van der Waals surface area contributed by atoms with Crippen molar-refractivity contribution in [1.82, 2.24) is 5.06 Å². The Balaban J connectivity index is 1.59. The van der Waals surface area contributed by atoms with Gasteiger partial charge in [-0.1, -0.05) is 43.5 Å². The monoisotopic (exact) mass is 341 g/mol. The molecule has 0 heterocycles. The van der Waals surface area contributed by atoms with Crippen molar-refractivity contribution < 1.29 is 24.0 Å². The first-order chi connectivity index (χ1) is 12.0. The maximum Gasteiger partial charge on any atom is 0.534 e. The molecule has 0 N–H and O–H groups in total. The lowest BCUT2D eigenvalue weighted by atomic mass is 9.84. The maximum atomic E-state index is 12.6. The zero-order valence-electron chi connectivity index (χ0n) is 14.0. The molecule has 3 rings (SSSR count). The molecule has 0 aliphatic heterocycles. The van der Waals surface area contributed by atoms with E-state index in [0.717, 1.165) is 0 Å². The minimum atomic E-state index is -1.11. The quantitative estimate of drug-likeness (QED) is 0.258. The number of imide groups is 1. The SMILES string of the molecule is CC1[C@H]2C=C[C@@H]1[C@@H](C)[C@H]2C(=O)N(C=O)OC(=O)OCC1=C=C=CC=C1. The summed E-state index contributed by atoms with van der Waals surface area (Å²) in [6.07, 6.45) is 8.33. The maximum absolute atomic E-state index is 12.6. The highest BCUT2D eigenvalue weighted by molar-refractivity contribution is 5.89. The third-order valence-electron chi connectivity index (χ3n) is 5.18. The van der Waals surface area contributed by atoms with Gasteiger partial charge in [-0.15, -0.1) is 5.06 Å². The first-order valence-electron chi connectivity index (χ1n) is 8.21. The van der Waals surface area contributed by atoms with Gasteiger partial charge in [-0.2, -0.15) is 0 Å². The minimum Gasteiger partial charge on any atom is -0.427 e. The van der Waals surface area contributed by atoms with E-state index in [1.165, 1.54) is 0 Å². The highest BCUT2D eigenvalue weighted by Gasteiger charge is 2.52. The van der Waals surface area contributed by atoms with Gasteiger partial charge < -0.3 is 4.74 Å². The van der Waals surface area contributed by atoms with Crippen molar-refractivity contribution in [2.24, 2.45) is 29.6 Å². The topological polar surface area (TPSA) is 72.9 Å². The molecule has 0 spiro atoms. The van der Waals surface area contributed by atoms with E-state index in [0.29, 0.717) is 22.5 Å². The van der Waals surface area contributed by atoms with E-state index in [4.69, 9.17) is 9.57 Å². The molecule has 0 saturated heterocycles. The lowest BCUT2D eigenvalue weighted by molar-refractivity contribution is -0.180. The Labute approximate surface area is 145 Å². The molecule has 0 aromatic heterocycles. The van der Waals surface area contributed by atoms with Gasteiger partial charge in [0.1, 0.15) is 6.61 Å². The molecular weight excluding hydrogens is 322 g/mol. The summed E-state index contributed by atoms with van der Waals surface area (Å²) in [5.41, 5.74) is 6.11. The molecule has 25 heavy (non-hydrogen) atoms. The Morgan fingerprint density at radius 1 is 1.24 bits per heavy atom. The fraction of sp³-hybridized carbons (Fsp3) is 0.421. The average molecular weight is 341 g/mol. The van der Waals surface area contributed by atoms with E-state index < -0.39 is 12.1 Å². The number of fused-ring (bicyclic) bond motifs is 2. The van der Waals surface area contributed by atoms with Crippen molar-refractivity contribution >= 4 is 18.5 Å². The van der Waals surface area contributed by atoms with Crippen molar-refractivity contribution in [2.75, 3.05) is 6.61 Å². The number of hydrogen-bond acceptors (Lipinski definition) is 5. The van der Waals surface area contributed by atoms with E-state index in [9.17, 15) is 14.4 Å². The zero-order chi connectivity index (χ0) is 18.0. The summed E-state index contributed by atoms with van der Waals surface area (Å²) in [6.45, 7) is 3.99. The number of amides is 2. The third kappa shape index (κ3) is 3.22. The predicted molar refractivity (Wildman–Crippen MR) is 87.5 cm³/mol. The van der Waals surface area contributed by atoms with Gasteiger partial charge in [0.25, 0.3) is 12.3 Å². The predicted octanol–water partition coefficient (Wildman–Crippen LogP) is 2.55. The molecule has 0 radical (unpaired) electrons. The standard InChI is InChI=1S/C19H19NO5/c1-12-15-8-9-16(12)17(13(15)2)18(22)20(11-21)25-19(23)24-10-14-6-4-3-5-7-14/h3-4,6,8-9,11-13,15-17H,10H2,1-2H3/t12?,13-,15+,16-,17-/m1/s1. The summed E-state index contributed by atoms with van der Waals surface area (Å²) >= 11 is 0. The van der Waals surface area contributed by atoms with Gasteiger partial charge in [-0.3, -0.25) is 14.4 Å². The van der Waals surface area contributed by atoms with Crippen LogP contribution in [0.2, 0.25) is 0 Å². The molecule has 0 aromatic rings. The van der Waals surface area contributed by atoms with Gasteiger partial charge in [-0.25, -0.2) is 4.79 Å². The summed E-state index contributed by atoms with van der Waals surface area (Å²) in [4.78, 5) is 40.5. The number of ether oxygens (including phenoxy) is 1. The molecule has 1 fully saturated rings. The van der Waals surface area contributed by atoms with Crippen LogP contribution >= 0.6 is 0 Å². The number of carbonyl (C=O) groups is 3. The van der Waals surface area contributed by atoms with E-state index in [2.05, 4.69) is 24.5 Å². The van der Waals surface area contributed by atoms with Crippen LogP contribution < -0.4 is 0 Å². The summed E-state index contributed by atoms with van der Waals surface area (Å²) in [7, 11) is 0. The Hall–Kier alpha value is -2.81. The van der Waals surface area contributed by atoms with Gasteiger partial charge in [0.15, 0.2) is 0 Å². The highest BCUT2D eigenvalue weighted by atomic mass is 16.8. The molecule has 1 unspecified atom stereocenters. The van der Waals surface area contributed by atoms with Gasteiger partial charge >= 0.3 is 6.16 Å². The molecule has 130 valence electrons. The fourth-order valence-corrected chi connectivity index (χ4v) is 3.93. The van der Waals surface area contributed by atoms with E-state index in [1.54, 1.807) is 18.2 Å². The lowest BCUT2D eigenvalue weighted by Gasteiger charge is -2.26. The second-order valence-corrected chi connectivity index (χ2v) is 6.50. The first-order valence-corrected chi connectivity index (χ1v) is 8.21. The molecule has 0 aromatic carbocycles. The Kier molecular flexibility index (Phi) is 4.75. The number of hydrogen-bond donors (Lipinski definition) is 0. The Morgan fingerprint density at radius 2 is 2.00 bits per heavy atom. The van der Waals surface area contributed by atoms with Crippen LogP contribution in [0.4, 0.5) is 4.79 Å². The largest absolute Gasteiger partial charge is 0.534 e. The van der Waals surface area contributed by atoms with Crippen LogP contribution in [0.1, 0.15) is 13.8 Å². The van der Waals surface area contributed by atoms with Crippen LogP contribution in [-0.4, -0.2) is 30.1 Å². The van der Waals surface area contributed by atoms with Crippen molar-refractivity contribution in [3.05, 3.63) is 47.4 Å². The molecular formula is C19H19NO5. The van der Waals surface area contributed by atoms with Gasteiger partial charge in [0.2, 0.25) is 0 Å². The minimum absolute atomic E-state index is 0.0593. The van der Waals surface area contributed by atoms with E-state index in [-0.39, 0.29) is 30.8 Å².